The molecule has 0 atom stereocenters. The summed E-state index contributed by atoms with van der Waals surface area (Å²) >= 11 is 12.5. The molecule has 12 aromatic rings. The lowest BCUT2D eigenvalue weighted by atomic mass is 10.0. The van der Waals surface area contributed by atoms with E-state index >= 15 is 0 Å². The van der Waals surface area contributed by atoms with E-state index < -0.39 is 0 Å². The Hall–Kier alpha value is -8.84. The van der Waals surface area contributed by atoms with E-state index in [0.717, 1.165) is 105 Å². The summed E-state index contributed by atoms with van der Waals surface area (Å²) < 4.78 is 9.49. The fraction of sp³-hybridized carbons (Fsp3) is 0.262. The molecule has 12 heteroatoms. The van der Waals surface area contributed by atoms with Crippen LogP contribution in [0.2, 0.25) is 10.0 Å². The first-order chi connectivity index (χ1) is 46.5. The van der Waals surface area contributed by atoms with Crippen molar-refractivity contribution in [3.63, 3.8) is 0 Å². The number of pyridine rings is 2. The second-order valence-electron chi connectivity index (χ2n) is 26.9. The second kappa shape index (κ2) is 28.9. The van der Waals surface area contributed by atoms with Gasteiger partial charge < -0.3 is 37.9 Å². The summed E-state index contributed by atoms with van der Waals surface area (Å²) in [6.07, 6.45) is 21.5. The van der Waals surface area contributed by atoms with E-state index in [2.05, 4.69) is 280 Å². The topological polar surface area (TPSA) is 58.5 Å². The van der Waals surface area contributed by atoms with Crippen molar-refractivity contribution >= 4 is 115 Å². The van der Waals surface area contributed by atoms with Gasteiger partial charge in [0.15, 0.2) is 0 Å². The molecule has 4 aliphatic rings. The van der Waals surface area contributed by atoms with E-state index in [1.807, 2.05) is 44.4 Å². The molecule has 6 aromatic heterocycles. The largest absolute Gasteiger partial charge is 0.320 e. The lowest BCUT2D eigenvalue weighted by Crippen LogP contribution is -2.26. The number of fused-ring (bicyclic) bond motifs is 12. The molecule has 0 fully saturated rings. The van der Waals surface area contributed by atoms with Gasteiger partial charge >= 0.3 is 0 Å². The molecule has 0 saturated heterocycles. The Bertz CT molecular complexity index is 4920. The van der Waals surface area contributed by atoms with Crippen molar-refractivity contribution in [3.05, 3.63) is 270 Å². The Kier molecular flexibility index (Phi) is 19.8. The van der Waals surface area contributed by atoms with Crippen LogP contribution in [0.3, 0.4) is 0 Å². The molecule has 488 valence electrons. The number of rotatable bonds is 8. The highest BCUT2D eigenvalue weighted by molar-refractivity contribution is 6.31. The Morgan fingerprint density at radius 1 is 0.375 bits per heavy atom. The molecule has 0 saturated carbocycles. The normalized spacial score (nSPS) is 15.5. The smallest absolute Gasteiger partial charge is 0.0529 e. The van der Waals surface area contributed by atoms with E-state index in [0.29, 0.717) is 0 Å². The maximum Gasteiger partial charge on any atom is 0.0529 e. The van der Waals surface area contributed by atoms with Crippen LogP contribution in [0.15, 0.2) is 170 Å². The molecule has 96 heavy (non-hydrogen) atoms. The monoisotopic (exact) mass is 1310 g/mol. The number of aromatic nitrogens is 6. The summed E-state index contributed by atoms with van der Waals surface area (Å²) in [7, 11) is 8.77. The van der Waals surface area contributed by atoms with Gasteiger partial charge in [0.1, 0.15) is 0 Å². The molecule has 0 spiro atoms. The second-order valence-corrected chi connectivity index (χ2v) is 27.8. The van der Waals surface area contributed by atoms with E-state index in [1.165, 1.54) is 128 Å². The predicted molar refractivity (Wildman–Crippen MR) is 408 cm³/mol. The minimum absolute atomic E-state index is 0.803. The number of benzene rings is 6. The van der Waals surface area contributed by atoms with Gasteiger partial charge in [0.05, 0.1) is 22.1 Å². The van der Waals surface area contributed by atoms with Crippen LogP contribution in [0.5, 0.6) is 0 Å². The highest BCUT2D eigenvalue weighted by atomic mass is 35.5. The van der Waals surface area contributed by atoms with Crippen molar-refractivity contribution < 1.29 is 0 Å². The van der Waals surface area contributed by atoms with Crippen molar-refractivity contribution in [2.75, 3.05) is 54.4 Å². The summed E-state index contributed by atoms with van der Waals surface area (Å²) in [5, 5.41) is 6.95. The number of halogens is 2. The van der Waals surface area contributed by atoms with Gasteiger partial charge in [0.2, 0.25) is 0 Å². The molecule has 16 rings (SSSR count). The molecule has 0 N–H and O–H groups in total. The average molecular weight is 1310 g/mol. The van der Waals surface area contributed by atoms with Gasteiger partial charge in [-0.2, -0.15) is 0 Å². The SMILES string of the molecule is C/C(=C\n1c2c(c3cc(C)ccc31)CN(C)CC2)c1ccc(C)nc1.C/C(=C\n1c2c(c3cc(Cl)ccc31)CN(C)CC2)c1ccccc1.CN1CCc2c(c3cc(Cl)ccc3n2/C=C/c2ccccc2)C1.Cc1ccc2c(c1)c1c(n2/C=C/c2ccc(C)nc2)CCN(C)C1. The Balaban J connectivity index is 0.000000116. The van der Waals surface area contributed by atoms with Crippen molar-refractivity contribution in [1.82, 2.24) is 47.8 Å². The third kappa shape index (κ3) is 14.3. The minimum Gasteiger partial charge on any atom is -0.320 e. The van der Waals surface area contributed by atoms with Gasteiger partial charge in [-0.05, 0) is 210 Å². The fourth-order valence-corrected chi connectivity index (χ4v) is 14.7. The van der Waals surface area contributed by atoms with Crippen LogP contribution in [-0.4, -0.2) is 102 Å². The Morgan fingerprint density at radius 3 is 1.18 bits per heavy atom. The van der Waals surface area contributed by atoms with Crippen LogP contribution in [0, 0.1) is 27.7 Å². The zero-order chi connectivity index (χ0) is 66.7. The first-order valence-electron chi connectivity index (χ1n) is 33.8. The summed E-state index contributed by atoms with van der Waals surface area (Å²) in [4.78, 5) is 18.4. The number of aryl methyl sites for hydroxylation is 4. The zero-order valence-electron chi connectivity index (χ0n) is 57.3. The van der Waals surface area contributed by atoms with Crippen LogP contribution in [-0.2, 0) is 51.9 Å². The van der Waals surface area contributed by atoms with Crippen LogP contribution < -0.4 is 0 Å². The van der Waals surface area contributed by atoms with Crippen LogP contribution in [0.1, 0.15) is 104 Å². The summed E-state index contributed by atoms with van der Waals surface area (Å²) in [6.45, 7) is 21.2. The van der Waals surface area contributed by atoms with E-state index in [4.69, 9.17) is 23.2 Å². The maximum absolute atomic E-state index is 6.27. The lowest BCUT2D eigenvalue weighted by molar-refractivity contribution is 0.312. The van der Waals surface area contributed by atoms with Crippen LogP contribution in [0.4, 0.5) is 0 Å². The molecule has 0 amide bonds. The molecule has 4 aliphatic heterocycles. The van der Waals surface area contributed by atoms with Crippen LogP contribution >= 0.6 is 23.2 Å². The number of nitrogens with zero attached hydrogens (tertiary/aromatic N) is 10. The molecule has 10 heterocycles. The number of hydrogen-bond donors (Lipinski definition) is 0. The van der Waals surface area contributed by atoms with E-state index in [-0.39, 0.29) is 0 Å². The zero-order valence-corrected chi connectivity index (χ0v) is 58.9. The number of allylic oxidation sites excluding steroid dienone is 2. The van der Waals surface area contributed by atoms with Gasteiger partial charge in [-0.25, -0.2) is 0 Å². The van der Waals surface area contributed by atoms with Crippen molar-refractivity contribution in [1.29, 1.82) is 0 Å². The maximum atomic E-state index is 6.27. The van der Waals surface area contributed by atoms with E-state index in [9.17, 15) is 0 Å². The third-order valence-corrected chi connectivity index (χ3v) is 20.0. The molecule has 0 radical (unpaired) electrons. The van der Waals surface area contributed by atoms with Gasteiger partial charge in [0, 0.05) is 181 Å². The summed E-state index contributed by atoms with van der Waals surface area (Å²) in [5.74, 6) is 0. The molecule has 10 nitrogen and oxygen atoms in total. The first-order valence-corrected chi connectivity index (χ1v) is 34.6. The Morgan fingerprint density at radius 2 is 0.750 bits per heavy atom. The standard InChI is InChI=1S/C22H25N3.C21H21ClN2.C21H23N3.C20H19ClN2/c1-15-5-8-21-19(11-15)20-14-24(4)10-9-22(20)25(21)13-16(2)18-7-6-17(3)23-12-18;1-15(16-6-4-3-5-7-16)13-24-20-9-8-17(22)12-18(20)19-14-23(2)11-10-21(19)24;1-15-4-7-20-18(12-15)19-14-23(3)10-9-21(19)24(20)11-8-17-6-5-16(2)22-13-17;1-22-11-10-20-18(14-22)17-13-16(21)7-8-19(17)23(20)12-9-15-5-3-2-4-6-15/h5-8,11-13H,9-10,14H2,1-4H3;3-9,12-13H,10-11,14H2,1-2H3;4-8,11-13H,9-10,14H2,1-3H3;2-9,12-13H,10-11,14H2,1H3/b16-13+;15-13+;11-8+;12-9+. The van der Waals surface area contributed by atoms with Gasteiger partial charge in [-0.15, -0.1) is 0 Å². The molecule has 6 aromatic carbocycles. The molecule has 0 aliphatic carbocycles. The molecular formula is C84H88Cl2N10. The van der Waals surface area contributed by atoms with E-state index in [1.54, 1.807) is 0 Å². The third-order valence-electron chi connectivity index (χ3n) is 19.6. The first kappa shape index (κ1) is 65.8. The molecule has 0 unspecified atom stereocenters. The van der Waals surface area contributed by atoms with Gasteiger partial charge in [-0.3, -0.25) is 9.97 Å². The Labute approximate surface area is 577 Å². The van der Waals surface area contributed by atoms with Crippen molar-refractivity contribution in [2.45, 2.75) is 93.4 Å². The summed E-state index contributed by atoms with van der Waals surface area (Å²) in [6, 6.07) is 55.4. The van der Waals surface area contributed by atoms with Crippen LogP contribution in [0.25, 0.3) is 91.7 Å². The number of hydrogen-bond acceptors (Lipinski definition) is 6. The van der Waals surface area contributed by atoms with Crippen molar-refractivity contribution in [3.8, 4) is 0 Å². The van der Waals surface area contributed by atoms with Gasteiger partial charge in [0.25, 0.3) is 0 Å². The summed E-state index contributed by atoms with van der Waals surface area (Å²) in [5.41, 5.74) is 28.7. The highest BCUT2D eigenvalue weighted by Crippen LogP contribution is 2.38. The predicted octanol–water partition coefficient (Wildman–Crippen LogP) is 19.1. The molecular weight excluding hydrogens is 1220 g/mol. The highest BCUT2D eigenvalue weighted by Gasteiger charge is 2.26. The fourth-order valence-electron chi connectivity index (χ4n) is 14.3. The van der Waals surface area contributed by atoms with Crippen molar-refractivity contribution in [2.24, 2.45) is 0 Å². The van der Waals surface area contributed by atoms with Gasteiger partial charge in [-0.1, -0.05) is 119 Å². The lowest BCUT2D eigenvalue weighted by Gasteiger charge is -2.23. The average Bonchev–Trinajstić information content (AvgIpc) is 1.64. The quantitative estimate of drug-likeness (QED) is 0.151. The number of likely N-dealkylation sites (N-methyl/N-ethyl adjacent to an activating group) is 4. The minimum atomic E-state index is 0.803. The molecule has 0 bridgehead atoms.